The Labute approximate surface area is 223 Å². The summed E-state index contributed by atoms with van der Waals surface area (Å²) in [6.45, 7) is 1.89. The maximum absolute atomic E-state index is 12.4. The number of nitrogens with zero attached hydrogens (tertiary/aromatic N) is 2. The van der Waals surface area contributed by atoms with Crippen LogP contribution in [0.15, 0.2) is 102 Å². The zero-order valence-corrected chi connectivity index (χ0v) is 20.8. The van der Waals surface area contributed by atoms with Crippen LogP contribution in [-0.4, -0.2) is 27.3 Å². The van der Waals surface area contributed by atoms with Gasteiger partial charge >= 0.3 is 12.1 Å². The molecule has 194 valence electrons. The summed E-state index contributed by atoms with van der Waals surface area (Å²) in [5.41, 5.74) is 4.29. The molecule has 9 heteroatoms. The summed E-state index contributed by atoms with van der Waals surface area (Å²) >= 11 is 0. The van der Waals surface area contributed by atoms with Gasteiger partial charge in [-0.05, 0) is 47.9 Å². The van der Waals surface area contributed by atoms with Crippen molar-refractivity contribution in [3.8, 4) is 33.9 Å². The van der Waals surface area contributed by atoms with Gasteiger partial charge in [-0.1, -0.05) is 71.9 Å². The number of carbonyl (C=O) groups excluding carboxylic acids is 1. The third-order valence-corrected chi connectivity index (χ3v) is 5.84. The van der Waals surface area contributed by atoms with Crippen molar-refractivity contribution in [2.75, 3.05) is 5.32 Å². The van der Waals surface area contributed by atoms with Gasteiger partial charge in [-0.15, -0.1) is 0 Å². The first kappa shape index (κ1) is 25.2. The molecule has 0 radical (unpaired) electrons. The predicted molar refractivity (Wildman–Crippen MR) is 144 cm³/mol. The number of rotatable bonds is 8. The summed E-state index contributed by atoms with van der Waals surface area (Å²) in [5, 5.41) is 16.0. The largest absolute Gasteiger partial charge is 0.476 e. The van der Waals surface area contributed by atoms with Gasteiger partial charge in [0, 0.05) is 11.8 Å². The van der Waals surface area contributed by atoms with Gasteiger partial charge in [0.15, 0.2) is 17.2 Å². The van der Waals surface area contributed by atoms with Gasteiger partial charge in [0.2, 0.25) is 0 Å². The molecule has 0 unspecified atom stereocenters. The summed E-state index contributed by atoms with van der Waals surface area (Å²) in [4.78, 5) is 27.6. The molecule has 0 aliphatic carbocycles. The van der Waals surface area contributed by atoms with Crippen LogP contribution in [0.25, 0.3) is 22.5 Å². The van der Waals surface area contributed by atoms with Gasteiger partial charge in [-0.25, -0.2) is 14.6 Å². The van der Waals surface area contributed by atoms with E-state index < -0.39 is 12.1 Å². The average molecular weight is 522 g/mol. The molecule has 0 aliphatic heterocycles. The number of aryl methyl sites for hydroxylation is 1. The number of hydrogen-bond acceptors (Lipinski definition) is 7. The molecule has 0 atom stereocenters. The summed E-state index contributed by atoms with van der Waals surface area (Å²) in [6.07, 6.45) is 0.798. The second kappa shape index (κ2) is 11.3. The molecule has 0 saturated heterocycles. The van der Waals surface area contributed by atoms with Crippen molar-refractivity contribution < 1.29 is 28.7 Å². The number of hydrogen-bond donors (Lipinski definition) is 2. The number of carbonyl (C=O) groups is 2. The van der Waals surface area contributed by atoms with Gasteiger partial charge in [-0.3, -0.25) is 5.32 Å². The third kappa shape index (κ3) is 5.94. The number of pyridine rings is 1. The standard InChI is InChI=1S/C30H23N3O6/c1-19-26(32-30(36)37-18-20-6-3-2-4-7-20)28(39-33-19)23-11-9-21(10-12-23)22-13-15-24(16-14-22)38-25-8-5-17-31-27(25)29(34)35/h2-17H,18H2,1H3,(H,32,36)(H,34,35). The molecule has 2 aromatic heterocycles. The lowest BCUT2D eigenvalue weighted by atomic mass is 10.0. The lowest BCUT2D eigenvalue weighted by molar-refractivity contribution is 0.0687. The van der Waals surface area contributed by atoms with Gasteiger partial charge in [0.25, 0.3) is 0 Å². The lowest BCUT2D eigenvalue weighted by Gasteiger charge is -2.09. The smallest absolute Gasteiger partial charge is 0.412 e. The monoisotopic (exact) mass is 521 g/mol. The van der Waals surface area contributed by atoms with E-state index in [2.05, 4.69) is 15.5 Å². The number of benzene rings is 3. The Morgan fingerprint density at radius 2 is 1.54 bits per heavy atom. The molecule has 1 amide bonds. The zero-order valence-electron chi connectivity index (χ0n) is 20.8. The van der Waals surface area contributed by atoms with Crippen LogP contribution in [0.5, 0.6) is 11.5 Å². The van der Waals surface area contributed by atoms with Crippen molar-refractivity contribution in [3.05, 3.63) is 114 Å². The van der Waals surface area contributed by atoms with E-state index in [9.17, 15) is 14.7 Å². The van der Waals surface area contributed by atoms with E-state index in [0.717, 1.165) is 22.3 Å². The number of nitrogens with one attached hydrogen (secondary N) is 1. The number of carboxylic acid groups (broad SMARTS) is 1. The molecule has 0 bridgehead atoms. The number of carboxylic acids is 1. The van der Waals surface area contributed by atoms with E-state index >= 15 is 0 Å². The molecule has 2 heterocycles. The first-order valence-corrected chi connectivity index (χ1v) is 12.0. The van der Waals surface area contributed by atoms with E-state index in [0.29, 0.717) is 22.9 Å². The predicted octanol–water partition coefficient (Wildman–Crippen LogP) is 6.95. The van der Waals surface area contributed by atoms with Crippen LogP contribution in [0.1, 0.15) is 21.7 Å². The van der Waals surface area contributed by atoms with E-state index in [-0.39, 0.29) is 18.1 Å². The summed E-state index contributed by atoms with van der Waals surface area (Å²) in [6, 6.07) is 27.4. The molecule has 0 aliphatic rings. The van der Waals surface area contributed by atoms with Crippen molar-refractivity contribution in [1.29, 1.82) is 0 Å². The Hall–Kier alpha value is -5.44. The van der Waals surface area contributed by atoms with Crippen LogP contribution in [0.3, 0.4) is 0 Å². The van der Waals surface area contributed by atoms with Crippen LogP contribution in [-0.2, 0) is 11.3 Å². The number of ether oxygens (including phenoxy) is 2. The number of aromatic nitrogens is 2. The Morgan fingerprint density at radius 1 is 0.872 bits per heavy atom. The van der Waals surface area contributed by atoms with Crippen molar-refractivity contribution in [3.63, 3.8) is 0 Å². The minimum Gasteiger partial charge on any atom is -0.476 e. The fraction of sp³-hybridized carbons (Fsp3) is 0.0667. The molecule has 3 aromatic carbocycles. The molecule has 5 aromatic rings. The van der Waals surface area contributed by atoms with Crippen LogP contribution in [0, 0.1) is 6.92 Å². The van der Waals surface area contributed by atoms with Crippen molar-refractivity contribution in [2.45, 2.75) is 13.5 Å². The highest BCUT2D eigenvalue weighted by Crippen LogP contribution is 2.33. The minimum atomic E-state index is -1.16. The average Bonchev–Trinajstić information content (AvgIpc) is 3.32. The first-order chi connectivity index (χ1) is 19.0. The SMILES string of the molecule is Cc1noc(-c2ccc(-c3ccc(Oc4cccnc4C(=O)O)cc3)cc2)c1NC(=O)OCc1ccccc1. The maximum atomic E-state index is 12.4. The van der Waals surface area contributed by atoms with Crippen molar-refractivity contribution in [2.24, 2.45) is 0 Å². The fourth-order valence-electron chi connectivity index (χ4n) is 3.87. The molecule has 39 heavy (non-hydrogen) atoms. The lowest BCUT2D eigenvalue weighted by Crippen LogP contribution is -2.14. The van der Waals surface area contributed by atoms with Gasteiger partial charge in [0.05, 0.1) is 0 Å². The van der Waals surface area contributed by atoms with E-state index in [1.807, 2.05) is 66.7 Å². The van der Waals surface area contributed by atoms with Gasteiger partial charge in [0.1, 0.15) is 23.7 Å². The molecule has 9 nitrogen and oxygen atoms in total. The molecule has 0 saturated carbocycles. The quantitative estimate of drug-likeness (QED) is 0.225. The number of anilines is 1. The van der Waals surface area contributed by atoms with Crippen molar-refractivity contribution in [1.82, 2.24) is 10.1 Å². The molecule has 0 spiro atoms. The van der Waals surface area contributed by atoms with Crippen LogP contribution >= 0.6 is 0 Å². The molecule has 2 N–H and O–H groups in total. The molecule has 5 rings (SSSR count). The van der Waals surface area contributed by atoms with Gasteiger partial charge < -0.3 is 19.1 Å². The Balaban J connectivity index is 1.27. The van der Waals surface area contributed by atoms with E-state index in [1.165, 1.54) is 6.20 Å². The Morgan fingerprint density at radius 3 is 2.23 bits per heavy atom. The van der Waals surface area contributed by atoms with Crippen LogP contribution < -0.4 is 10.1 Å². The molecular weight excluding hydrogens is 498 g/mol. The van der Waals surface area contributed by atoms with Crippen molar-refractivity contribution >= 4 is 17.7 Å². The summed E-state index contributed by atoms with van der Waals surface area (Å²) in [5.74, 6) is -0.0902. The highest BCUT2D eigenvalue weighted by atomic mass is 16.5. The molecular formula is C30H23N3O6. The fourth-order valence-corrected chi connectivity index (χ4v) is 3.87. The highest BCUT2D eigenvalue weighted by Gasteiger charge is 2.18. The van der Waals surface area contributed by atoms with E-state index in [1.54, 1.807) is 31.2 Å². The van der Waals surface area contributed by atoms with Gasteiger partial charge in [-0.2, -0.15) is 0 Å². The van der Waals surface area contributed by atoms with Crippen LogP contribution in [0.2, 0.25) is 0 Å². The normalized spacial score (nSPS) is 10.6. The number of amides is 1. The minimum absolute atomic E-state index is 0.147. The van der Waals surface area contributed by atoms with Crippen LogP contribution in [0.4, 0.5) is 10.5 Å². The summed E-state index contributed by atoms with van der Waals surface area (Å²) < 4.78 is 16.6. The zero-order chi connectivity index (χ0) is 27.2. The Kier molecular flexibility index (Phi) is 7.31. The topological polar surface area (TPSA) is 124 Å². The Bertz CT molecular complexity index is 1600. The highest BCUT2D eigenvalue weighted by molar-refractivity contribution is 5.91. The van der Waals surface area contributed by atoms with E-state index in [4.69, 9.17) is 14.0 Å². The number of aromatic carboxylic acids is 1. The third-order valence-electron chi connectivity index (χ3n) is 5.84. The first-order valence-electron chi connectivity index (χ1n) is 12.0. The molecule has 0 fully saturated rings. The second-order valence-corrected chi connectivity index (χ2v) is 8.52. The second-order valence-electron chi connectivity index (χ2n) is 8.52. The maximum Gasteiger partial charge on any atom is 0.412 e. The summed E-state index contributed by atoms with van der Waals surface area (Å²) in [7, 11) is 0.